The summed E-state index contributed by atoms with van der Waals surface area (Å²) in [5.41, 5.74) is 1.82. The zero-order valence-electron chi connectivity index (χ0n) is 12.5. The molecule has 0 aliphatic heterocycles. The van der Waals surface area contributed by atoms with Crippen LogP contribution in [0.3, 0.4) is 0 Å². The molecule has 1 heterocycles. The second-order valence-corrected chi connectivity index (χ2v) is 5.19. The van der Waals surface area contributed by atoms with Crippen molar-refractivity contribution in [2.24, 2.45) is 0 Å². The van der Waals surface area contributed by atoms with Gasteiger partial charge >= 0.3 is 0 Å². The summed E-state index contributed by atoms with van der Waals surface area (Å²) in [6.45, 7) is 2.61. The maximum Gasteiger partial charge on any atom is 0.130 e. The number of ether oxygens (including phenoxy) is 1. The molecular formula is C18H23NO2. The molecule has 0 fully saturated rings. The molecule has 1 aromatic carbocycles. The van der Waals surface area contributed by atoms with Gasteiger partial charge in [-0.25, -0.2) is 0 Å². The lowest BCUT2D eigenvalue weighted by atomic mass is 10.0. The topological polar surface area (TPSA) is 42.4 Å². The van der Waals surface area contributed by atoms with Gasteiger partial charge in [-0.2, -0.15) is 0 Å². The number of hydrogen-bond acceptors (Lipinski definition) is 3. The molecule has 3 heteroatoms. The maximum absolute atomic E-state index is 10.2. The Morgan fingerprint density at radius 2 is 2.05 bits per heavy atom. The van der Waals surface area contributed by atoms with Crippen LogP contribution in [0, 0.1) is 0 Å². The Kier molecular flexibility index (Phi) is 6.22. The molecule has 1 N–H and O–H groups in total. The van der Waals surface area contributed by atoms with E-state index in [1.807, 2.05) is 42.5 Å². The van der Waals surface area contributed by atoms with E-state index < -0.39 is 6.10 Å². The molecule has 0 unspecified atom stereocenters. The fraction of sp³-hybridized carbons (Fsp3) is 0.389. The van der Waals surface area contributed by atoms with Gasteiger partial charge in [-0.1, -0.05) is 44.4 Å². The van der Waals surface area contributed by atoms with Crippen LogP contribution in [0.25, 0.3) is 0 Å². The van der Waals surface area contributed by atoms with Crippen LogP contribution in [0.4, 0.5) is 0 Å². The van der Waals surface area contributed by atoms with E-state index in [2.05, 4.69) is 11.9 Å². The van der Waals surface area contributed by atoms with E-state index in [-0.39, 0.29) is 0 Å². The lowest BCUT2D eigenvalue weighted by Crippen LogP contribution is -2.00. The van der Waals surface area contributed by atoms with E-state index in [1.54, 1.807) is 6.20 Å². The molecule has 1 aromatic heterocycles. The first kappa shape index (κ1) is 15.5. The van der Waals surface area contributed by atoms with Crippen molar-refractivity contribution in [1.82, 2.24) is 4.98 Å². The number of aliphatic hydroxyl groups is 1. The van der Waals surface area contributed by atoms with Crippen LogP contribution in [0.2, 0.25) is 0 Å². The largest absolute Gasteiger partial charge is 0.487 e. The third kappa shape index (κ3) is 5.20. The van der Waals surface area contributed by atoms with Gasteiger partial charge < -0.3 is 9.84 Å². The summed E-state index contributed by atoms with van der Waals surface area (Å²) in [5.74, 6) is 0.771. The monoisotopic (exact) mass is 285 g/mol. The highest BCUT2D eigenvalue weighted by Gasteiger charge is 2.08. The van der Waals surface area contributed by atoms with Gasteiger partial charge in [-0.15, -0.1) is 0 Å². The summed E-state index contributed by atoms with van der Waals surface area (Å²) < 4.78 is 5.73. The number of aromatic nitrogens is 1. The molecule has 2 rings (SSSR count). The normalized spacial score (nSPS) is 12.1. The molecule has 0 amide bonds. The van der Waals surface area contributed by atoms with Crippen LogP contribution in [0.1, 0.15) is 50.0 Å². The highest BCUT2D eigenvalue weighted by atomic mass is 16.5. The predicted octanol–water partition coefficient (Wildman–Crippen LogP) is 4.27. The van der Waals surface area contributed by atoms with Crippen molar-refractivity contribution < 1.29 is 9.84 Å². The smallest absolute Gasteiger partial charge is 0.130 e. The van der Waals surface area contributed by atoms with Crippen molar-refractivity contribution >= 4 is 0 Å². The van der Waals surface area contributed by atoms with Crippen molar-refractivity contribution in [3.05, 3.63) is 59.9 Å². The zero-order chi connectivity index (χ0) is 14.9. The standard InChI is InChI=1S/C18H23NO2/c1-2-3-4-11-18(20)15-8-7-10-17(13-15)21-14-16-9-5-6-12-19-16/h5-10,12-13,18,20H,2-4,11,14H2,1H3/t18-/m0/s1. The molecule has 3 nitrogen and oxygen atoms in total. The van der Waals surface area contributed by atoms with Crippen molar-refractivity contribution in [2.45, 2.75) is 45.3 Å². The first-order valence-electron chi connectivity index (χ1n) is 7.60. The van der Waals surface area contributed by atoms with Crippen LogP contribution < -0.4 is 4.74 Å². The molecule has 0 saturated carbocycles. The first-order valence-corrected chi connectivity index (χ1v) is 7.60. The quantitative estimate of drug-likeness (QED) is 0.736. The molecule has 0 radical (unpaired) electrons. The summed E-state index contributed by atoms with van der Waals surface area (Å²) in [5, 5.41) is 10.2. The van der Waals surface area contributed by atoms with Crippen molar-refractivity contribution in [3.63, 3.8) is 0 Å². The highest BCUT2D eigenvalue weighted by molar-refractivity contribution is 5.30. The summed E-state index contributed by atoms with van der Waals surface area (Å²) in [7, 11) is 0. The van der Waals surface area contributed by atoms with Gasteiger partial charge in [0.15, 0.2) is 0 Å². The second kappa shape index (κ2) is 8.42. The average molecular weight is 285 g/mol. The Balaban J connectivity index is 1.91. The number of hydrogen-bond donors (Lipinski definition) is 1. The van der Waals surface area contributed by atoms with Crippen molar-refractivity contribution in [1.29, 1.82) is 0 Å². The number of unbranched alkanes of at least 4 members (excludes halogenated alkanes) is 2. The Labute approximate surface area is 126 Å². The number of rotatable bonds is 8. The van der Waals surface area contributed by atoms with E-state index in [4.69, 9.17) is 4.74 Å². The molecule has 2 aromatic rings. The zero-order valence-corrected chi connectivity index (χ0v) is 12.5. The molecule has 0 aliphatic carbocycles. The molecule has 0 saturated heterocycles. The van der Waals surface area contributed by atoms with Crippen LogP contribution >= 0.6 is 0 Å². The summed E-state index contributed by atoms with van der Waals surface area (Å²) in [6, 6.07) is 13.5. The number of nitrogens with zero attached hydrogens (tertiary/aromatic N) is 1. The van der Waals surface area contributed by atoms with Gasteiger partial charge in [0, 0.05) is 6.20 Å². The van der Waals surface area contributed by atoms with Gasteiger partial charge in [0.05, 0.1) is 11.8 Å². The minimum atomic E-state index is -0.407. The number of aliphatic hydroxyl groups excluding tert-OH is 1. The van der Waals surface area contributed by atoms with Gasteiger partial charge in [0.1, 0.15) is 12.4 Å². The van der Waals surface area contributed by atoms with Crippen molar-refractivity contribution in [2.75, 3.05) is 0 Å². The SMILES string of the molecule is CCCCC[C@H](O)c1cccc(OCc2ccccn2)c1. The minimum Gasteiger partial charge on any atom is -0.487 e. The van der Waals surface area contributed by atoms with Gasteiger partial charge in [-0.3, -0.25) is 4.98 Å². The van der Waals surface area contributed by atoms with Crippen LogP contribution in [-0.4, -0.2) is 10.1 Å². The van der Waals surface area contributed by atoms with Gasteiger partial charge in [0.2, 0.25) is 0 Å². The van der Waals surface area contributed by atoms with Gasteiger partial charge in [-0.05, 0) is 36.2 Å². The van der Waals surface area contributed by atoms with Gasteiger partial charge in [0.25, 0.3) is 0 Å². The Bertz CT molecular complexity index is 528. The summed E-state index contributed by atoms with van der Waals surface area (Å²) in [4.78, 5) is 4.23. The Morgan fingerprint density at radius 3 is 2.81 bits per heavy atom. The average Bonchev–Trinajstić information content (AvgIpc) is 2.54. The number of benzene rings is 1. The molecule has 1 atom stereocenters. The molecule has 112 valence electrons. The molecule has 21 heavy (non-hydrogen) atoms. The predicted molar refractivity (Wildman–Crippen MR) is 84.1 cm³/mol. The van der Waals surface area contributed by atoms with Crippen molar-refractivity contribution in [3.8, 4) is 5.75 Å². The third-order valence-electron chi connectivity index (χ3n) is 3.44. The third-order valence-corrected chi connectivity index (χ3v) is 3.44. The molecule has 0 aliphatic rings. The lowest BCUT2D eigenvalue weighted by Gasteiger charge is -2.12. The maximum atomic E-state index is 10.2. The second-order valence-electron chi connectivity index (χ2n) is 5.19. The minimum absolute atomic E-state index is 0.407. The van der Waals surface area contributed by atoms with E-state index in [1.165, 1.54) is 6.42 Å². The Morgan fingerprint density at radius 1 is 1.14 bits per heavy atom. The fourth-order valence-electron chi connectivity index (χ4n) is 2.21. The number of pyridine rings is 1. The van der Waals surface area contributed by atoms with Crippen LogP contribution in [0.15, 0.2) is 48.7 Å². The molecular weight excluding hydrogens is 262 g/mol. The fourth-order valence-corrected chi connectivity index (χ4v) is 2.21. The lowest BCUT2D eigenvalue weighted by molar-refractivity contribution is 0.163. The summed E-state index contributed by atoms with van der Waals surface area (Å²) >= 11 is 0. The van der Waals surface area contributed by atoms with E-state index >= 15 is 0 Å². The summed E-state index contributed by atoms with van der Waals surface area (Å²) in [6.07, 6.45) is 5.53. The van der Waals surface area contributed by atoms with E-state index in [9.17, 15) is 5.11 Å². The van der Waals surface area contributed by atoms with E-state index in [0.717, 1.165) is 36.3 Å². The Hall–Kier alpha value is -1.87. The van der Waals surface area contributed by atoms with Crippen LogP contribution in [-0.2, 0) is 6.61 Å². The van der Waals surface area contributed by atoms with E-state index in [0.29, 0.717) is 6.61 Å². The molecule has 0 spiro atoms. The highest BCUT2D eigenvalue weighted by Crippen LogP contribution is 2.23. The first-order chi connectivity index (χ1) is 10.3. The molecule has 0 bridgehead atoms. The van der Waals surface area contributed by atoms with Crippen LogP contribution in [0.5, 0.6) is 5.75 Å².